The van der Waals surface area contributed by atoms with Crippen molar-refractivity contribution in [3.63, 3.8) is 0 Å². The van der Waals surface area contributed by atoms with E-state index in [4.69, 9.17) is 11.6 Å². The van der Waals surface area contributed by atoms with Crippen molar-refractivity contribution in [1.29, 1.82) is 0 Å². The van der Waals surface area contributed by atoms with E-state index in [0.29, 0.717) is 31.9 Å². The number of hydrogen-bond acceptors (Lipinski definition) is 4. The number of pyridine rings is 1. The third-order valence-corrected chi connectivity index (χ3v) is 6.23. The smallest absolute Gasteiger partial charge is 0.271 e. The average molecular weight is 354 g/mol. The lowest BCUT2D eigenvalue weighted by molar-refractivity contribution is 0.384. The lowest BCUT2D eigenvalue weighted by Crippen LogP contribution is -2.49. The quantitative estimate of drug-likeness (QED) is 0.908. The average Bonchev–Trinajstić information content (AvgIpc) is 2.56. The van der Waals surface area contributed by atoms with E-state index in [-0.39, 0.29) is 15.5 Å². The van der Waals surface area contributed by atoms with Gasteiger partial charge in [-0.25, -0.2) is 8.42 Å². The number of sulfonamides is 1. The molecule has 0 saturated carbocycles. The van der Waals surface area contributed by atoms with E-state index < -0.39 is 10.0 Å². The molecule has 6 nitrogen and oxygen atoms in total. The van der Waals surface area contributed by atoms with Crippen molar-refractivity contribution < 1.29 is 8.42 Å². The zero-order valence-electron chi connectivity index (χ0n) is 12.3. The second-order valence-corrected chi connectivity index (χ2v) is 7.52. The summed E-state index contributed by atoms with van der Waals surface area (Å²) in [5, 5.41) is 0.217. The molecule has 2 heterocycles. The molecule has 1 saturated heterocycles. The predicted molar refractivity (Wildman–Crippen MR) is 89.5 cm³/mol. The minimum Gasteiger partial charge on any atom is -0.364 e. The summed E-state index contributed by atoms with van der Waals surface area (Å²) in [6, 6.07) is 9.90. The number of nitrogens with zero attached hydrogens (tertiary/aromatic N) is 2. The van der Waals surface area contributed by atoms with Crippen molar-refractivity contribution in [1.82, 2.24) is 9.29 Å². The zero-order chi connectivity index (χ0) is 16.4. The molecule has 0 amide bonds. The number of anilines is 1. The van der Waals surface area contributed by atoms with Gasteiger partial charge in [0.1, 0.15) is 10.6 Å². The van der Waals surface area contributed by atoms with Crippen LogP contribution in [0, 0.1) is 0 Å². The van der Waals surface area contributed by atoms with Crippen LogP contribution in [0.25, 0.3) is 0 Å². The molecule has 1 aliphatic rings. The number of nitrogens with one attached hydrogen (secondary N) is 1. The van der Waals surface area contributed by atoms with E-state index in [1.807, 2.05) is 4.90 Å². The molecular formula is C15H16ClN3O3S. The molecular weight excluding hydrogens is 338 g/mol. The summed E-state index contributed by atoms with van der Waals surface area (Å²) < 4.78 is 26.8. The van der Waals surface area contributed by atoms with Crippen LogP contribution in [0.4, 0.5) is 5.69 Å². The first kappa shape index (κ1) is 16.0. The van der Waals surface area contributed by atoms with Crippen LogP contribution in [0.3, 0.4) is 0 Å². The number of rotatable bonds is 3. The van der Waals surface area contributed by atoms with E-state index in [9.17, 15) is 13.2 Å². The Hall–Kier alpha value is -1.83. The topological polar surface area (TPSA) is 73.5 Å². The van der Waals surface area contributed by atoms with Gasteiger partial charge in [-0.2, -0.15) is 4.31 Å². The molecule has 1 aromatic carbocycles. The van der Waals surface area contributed by atoms with Gasteiger partial charge in [0.25, 0.3) is 5.56 Å². The normalized spacial score (nSPS) is 16.5. The monoisotopic (exact) mass is 353 g/mol. The summed E-state index contributed by atoms with van der Waals surface area (Å²) in [5.41, 5.74) is 0.386. The standard InChI is InChI=1S/C15H16ClN3O3S/c16-12-4-1-2-6-14(12)23(21,22)19-10-8-18(9-11-19)13-5-3-7-17-15(13)20/h1-7H,8-11H2,(H,17,20). The summed E-state index contributed by atoms with van der Waals surface area (Å²) in [5.74, 6) is 0. The third kappa shape index (κ3) is 3.12. The van der Waals surface area contributed by atoms with Crippen LogP contribution in [-0.4, -0.2) is 43.9 Å². The van der Waals surface area contributed by atoms with Crippen LogP contribution in [0.5, 0.6) is 0 Å². The van der Waals surface area contributed by atoms with Gasteiger partial charge in [0.2, 0.25) is 10.0 Å². The van der Waals surface area contributed by atoms with Gasteiger partial charge in [-0.05, 0) is 24.3 Å². The third-order valence-electron chi connectivity index (χ3n) is 3.83. The summed E-state index contributed by atoms with van der Waals surface area (Å²) in [6.45, 7) is 1.53. The van der Waals surface area contributed by atoms with Gasteiger partial charge in [-0.15, -0.1) is 0 Å². The molecule has 0 radical (unpaired) electrons. The van der Waals surface area contributed by atoms with Crippen LogP contribution in [0.2, 0.25) is 5.02 Å². The lowest BCUT2D eigenvalue weighted by Gasteiger charge is -2.34. The minimum absolute atomic E-state index is 0.118. The minimum atomic E-state index is -3.62. The molecule has 1 fully saturated rings. The SMILES string of the molecule is O=c1[nH]cccc1N1CCN(S(=O)(=O)c2ccccc2Cl)CC1. The van der Waals surface area contributed by atoms with Gasteiger partial charge in [-0.1, -0.05) is 23.7 Å². The molecule has 1 aliphatic heterocycles. The zero-order valence-corrected chi connectivity index (χ0v) is 13.8. The maximum Gasteiger partial charge on any atom is 0.271 e. The highest BCUT2D eigenvalue weighted by Gasteiger charge is 2.30. The summed E-state index contributed by atoms with van der Waals surface area (Å²) in [7, 11) is -3.62. The molecule has 23 heavy (non-hydrogen) atoms. The predicted octanol–water partition coefficient (Wildman–Crippen LogP) is 1.54. The molecule has 1 N–H and O–H groups in total. The Labute approximate surface area is 139 Å². The Morgan fingerprint density at radius 2 is 1.70 bits per heavy atom. The number of hydrogen-bond donors (Lipinski definition) is 1. The molecule has 2 aromatic rings. The number of H-pyrrole nitrogens is 1. The second kappa shape index (κ2) is 6.35. The number of piperazine rings is 1. The van der Waals surface area contributed by atoms with Crippen LogP contribution in [0.1, 0.15) is 0 Å². The van der Waals surface area contributed by atoms with E-state index in [0.717, 1.165) is 0 Å². The maximum atomic E-state index is 12.7. The molecule has 0 atom stereocenters. The number of aromatic amines is 1. The molecule has 122 valence electrons. The van der Waals surface area contributed by atoms with Gasteiger partial charge in [-0.3, -0.25) is 4.79 Å². The fourth-order valence-electron chi connectivity index (χ4n) is 2.62. The summed E-state index contributed by atoms with van der Waals surface area (Å²) in [6.07, 6.45) is 1.57. The fourth-order valence-corrected chi connectivity index (χ4v) is 4.54. The number of aromatic nitrogens is 1. The lowest BCUT2D eigenvalue weighted by atomic mass is 10.3. The van der Waals surface area contributed by atoms with Crippen molar-refractivity contribution in [2.75, 3.05) is 31.1 Å². The maximum absolute atomic E-state index is 12.7. The van der Waals surface area contributed by atoms with Crippen LogP contribution in [-0.2, 0) is 10.0 Å². The Bertz CT molecular complexity index is 858. The first-order valence-electron chi connectivity index (χ1n) is 7.17. The Morgan fingerprint density at radius 1 is 1.00 bits per heavy atom. The van der Waals surface area contributed by atoms with Crippen molar-refractivity contribution in [3.8, 4) is 0 Å². The van der Waals surface area contributed by atoms with Gasteiger partial charge in [0, 0.05) is 32.4 Å². The van der Waals surface area contributed by atoms with Crippen LogP contribution >= 0.6 is 11.6 Å². The van der Waals surface area contributed by atoms with Gasteiger partial charge < -0.3 is 9.88 Å². The molecule has 0 bridgehead atoms. The highest BCUT2D eigenvalue weighted by atomic mass is 35.5. The Morgan fingerprint density at radius 3 is 2.35 bits per heavy atom. The molecule has 8 heteroatoms. The highest BCUT2D eigenvalue weighted by molar-refractivity contribution is 7.89. The largest absolute Gasteiger partial charge is 0.364 e. The fraction of sp³-hybridized carbons (Fsp3) is 0.267. The number of benzene rings is 1. The Balaban J connectivity index is 1.78. The van der Waals surface area contributed by atoms with Crippen molar-refractivity contribution in [3.05, 3.63) is 58.0 Å². The van der Waals surface area contributed by atoms with Gasteiger partial charge in [0.15, 0.2) is 0 Å². The van der Waals surface area contributed by atoms with Gasteiger partial charge in [0.05, 0.1) is 5.02 Å². The van der Waals surface area contributed by atoms with E-state index >= 15 is 0 Å². The first-order chi connectivity index (χ1) is 11.0. The van der Waals surface area contributed by atoms with Crippen molar-refractivity contribution in [2.45, 2.75) is 4.90 Å². The first-order valence-corrected chi connectivity index (χ1v) is 8.99. The second-order valence-electron chi connectivity index (χ2n) is 5.21. The summed E-state index contributed by atoms with van der Waals surface area (Å²) >= 11 is 6.01. The van der Waals surface area contributed by atoms with Crippen LogP contribution < -0.4 is 10.5 Å². The molecule has 0 unspecified atom stereocenters. The molecule has 0 aliphatic carbocycles. The molecule has 0 spiro atoms. The molecule has 3 rings (SSSR count). The van der Waals surface area contributed by atoms with Crippen LogP contribution in [0.15, 0.2) is 52.3 Å². The van der Waals surface area contributed by atoms with E-state index in [1.54, 1.807) is 36.5 Å². The van der Waals surface area contributed by atoms with Crippen molar-refractivity contribution in [2.24, 2.45) is 0 Å². The summed E-state index contributed by atoms with van der Waals surface area (Å²) in [4.78, 5) is 16.4. The van der Waals surface area contributed by atoms with Crippen molar-refractivity contribution >= 4 is 27.3 Å². The molecule has 1 aromatic heterocycles. The van der Waals surface area contributed by atoms with Gasteiger partial charge >= 0.3 is 0 Å². The highest BCUT2D eigenvalue weighted by Crippen LogP contribution is 2.25. The Kier molecular flexibility index (Phi) is 4.43. The van der Waals surface area contributed by atoms with E-state index in [2.05, 4.69) is 4.98 Å². The van der Waals surface area contributed by atoms with E-state index in [1.165, 1.54) is 10.4 Å². The number of halogens is 1.